The molecule has 0 saturated heterocycles. The third-order valence-corrected chi connectivity index (χ3v) is 2.38. The Hall–Kier alpha value is -1.36. The van der Waals surface area contributed by atoms with E-state index in [1.54, 1.807) is 0 Å². The first kappa shape index (κ1) is 9.21. The van der Waals surface area contributed by atoms with Crippen molar-refractivity contribution >= 4 is 5.95 Å². The third kappa shape index (κ3) is 1.63. The van der Waals surface area contributed by atoms with Gasteiger partial charge in [0.2, 0.25) is 5.95 Å². The van der Waals surface area contributed by atoms with Crippen LogP contribution in [-0.4, -0.2) is 23.1 Å². The third-order valence-electron chi connectivity index (χ3n) is 2.38. The van der Waals surface area contributed by atoms with Crippen molar-refractivity contribution in [1.29, 1.82) is 0 Å². The zero-order valence-corrected chi connectivity index (χ0v) is 7.97. The number of aryl methyl sites for hydroxylation is 1. The molecule has 0 atom stereocenters. The van der Waals surface area contributed by atoms with Crippen LogP contribution in [-0.2, 0) is 12.8 Å². The zero-order chi connectivity index (χ0) is 9.97. The van der Waals surface area contributed by atoms with E-state index >= 15 is 0 Å². The highest BCUT2D eigenvalue weighted by atomic mass is 16.1. The molecule has 0 spiro atoms. The molecule has 1 aromatic rings. The lowest BCUT2D eigenvalue weighted by Gasteiger charge is -2.05. The van der Waals surface area contributed by atoms with Crippen molar-refractivity contribution in [2.45, 2.75) is 19.3 Å². The van der Waals surface area contributed by atoms with Gasteiger partial charge in [-0.2, -0.15) is 0 Å². The van der Waals surface area contributed by atoms with Crippen molar-refractivity contribution in [1.82, 2.24) is 9.97 Å². The van der Waals surface area contributed by atoms with Gasteiger partial charge in [-0.25, -0.2) is 4.98 Å². The molecule has 1 aromatic heterocycles. The maximum Gasteiger partial charge on any atom is 0.255 e. The number of nitrogens with two attached hydrogens (primary N) is 1. The molecule has 0 bridgehead atoms. The van der Waals surface area contributed by atoms with E-state index in [9.17, 15) is 4.79 Å². The molecule has 0 aromatic carbocycles. The van der Waals surface area contributed by atoms with Crippen molar-refractivity contribution in [3.05, 3.63) is 21.6 Å². The van der Waals surface area contributed by atoms with Crippen LogP contribution in [0.2, 0.25) is 0 Å². The van der Waals surface area contributed by atoms with Crippen molar-refractivity contribution in [3.8, 4) is 0 Å². The molecule has 0 saturated carbocycles. The van der Waals surface area contributed by atoms with E-state index < -0.39 is 0 Å². The molecule has 76 valence electrons. The molecule has 0 fully saturated rings. The molecule has 5 heteroatoms. The molecular weight excluding hydrogens is 180 g/mol. The predicted molar refractivity (Wildman–Crippen MR) is 54.4 cm³/mol. The lowest BCUT2D eigenvalue weighted by molar-refractivity contribution is 0.897. The SMILES string of the molecule is NCCNc1nc2c(c(=O)[nH]1)CCC2. The van der Waals surface area contributed by atoms with Gasteiger partial charge in [0.1, 0.15) is 0 Å². The highest BCUT2D eigenvalue weighted by Crippen LogP contribution is 2.16. The van der Waals surface area contributed by atoms with Crippen LogP contribution in [0.1, 0.15) is 17.7 Å². The molecule has 4 N–H and O–H groups in total. The van der Waals surface area contributed by atoms with E-state index in [1.807, 2.05) is 0 Å². The van der Waals surface area contributed by atoms with E-state index in [-0.39, 0.29) is 5.56 Å². The van der Waals surface area contributed by atoms with Crippen LogP contribution in [0.15, 0.2) is 4.79 Å². The molecule has 1 aliphatic rings. The summed E-state index contributed by atoms with van der Waals surface area (Å²) in [6.07, 6.45) is 2.80. The van der Waals surface area contributed by atoms with Crippen LogP contribution in [0.5, 0.6) is 0 Å². The van der Waals surface area contributed by atoms with Gasteiger partial charge in [0.15, 0.2) is 0 Å². The number of hydrogen-bond donors (Lipinski definition) is 3. The van der Waals surface area contributed by atoms with Crippen molar-refractivity contribution in [2.75, 3.05) is 18.4 Å². The van der Waals surface area contributed by atoms with Gasteiger partial charge in [-0.05, 0) is 19.3 Å². The molecule has 2 rings (SSSR count). The number of aromatic amines is 1. The van der Waals surface area contributed by atoms with E-state index in [4.69, 9.17) is 5.73 Å². The average Bonchev–Trinajstić information content (AvgIpc) is 2.63. The Balaban J connectivity index is 2.28. The zero-order valence-electron chi connectivity index (χ0n) is 7.97. The first-order valence-corrected chi connectivity index (χ1v) is 4.87. The quantitative estimate of drug-likeness (QED) is 0.613. The predicted octanol–water partition coefficient (Wildman–Crippen LogP) is -0.371. The number of aromatic nitrogens is 2. The van der Waals surface area contributed by atoms with Gasteiger partial charge in [0.25, 0.3) is 5.56 Å². The Morgan fingerprint density at radius 1 is 1.50 bits per heavy atom. The normalized spacial score (nSPS) is 14.1. The molecule has 1 heterocycles. The summed E-state index contributed by atoms with van der Waals surface area (Å²) in [6, 6.07) is 0. The summed E-state index contributed by atoms with van der Waals surface area (Å²) >= 11 is 0. The minimum absolute atomic E-state index is 0.00739. The summed E-state index contributed by atoms with van der Waals surface area (Å²) in [5.74, 6) is 0.543. The Labute approximate surface area is 81.7 Å². The molecule has 0 unspecified atom stereocenters. The monoisotopic (exact) mass is 194 g/mol. The standard InChI is InChI=1S/C9H14N4O/c10-4-5-11-9-12-7-3-1-2-6(7)8(14)13-9/h1-5,10H2,(H2,11,12,13,14). The van der Waals surface area contributed by atoms with Crippen molar-refractivity contribution in [3.63, 3.8) is 0 Å². The largest absolute Gasteiger partial charge is 0.354 e. The van der Waals surface area contributed by atoms with Gasteiger partial charge in [0.05, 0.1) is 5.69 Å². The molecule has 0 amide bonds. The van der Waals surface area contributed by atoms with E-state index in [0.717, 1.165) is 30.5 Å². The van der Waals surface area contributed by atoms with E-state index in [0.29, 0.717) is 19.0 Å². The lowest BCUT2D eigenvalue weighted by atomic mass is 10.3. The van der Waals surface area contributed by atoms with Crippen molar-refractivity contribution in [2.24, 2.45) is 5.73 Å². The highest BCUT2D eigenvalue weighted by Gasteiger charge is 2.16. The van der Waals surface area contributed by atoms with Gasteiger partial charge < -0.3 is 11.1 Å². The fourth-order valence-corrected chi connectivity index (χ4v) is 1.72. The second-order valence-corrected chi connectivity index (χ2v) is 3.41. The topological polar surface area (TPSA) is 83.8 Å². The number of H-pyrrole nitrogens is 1. The van der Waals surface area contributed by atoms with Crippen LogP contribution < -0.4 is 16.6 Å². The molecular formula is C9H14N4O. The molecule has 1 aliphatic carbocycles. The summed E-state index contributed by atoms with van der Waals surface area (Å²) in [5.41, 5.74) is 7.13. The minimum atomic E-state index is -0.00739. The fraction of sp³-hybridized carbons (Fsp3) is 0.556. The maximum atomic E-state index is 11.5. The molecule has 14 heavy (non-hydrogen) atoms. The first-order chi connectivity index (χ1) is 6.81. The number of anilines is 1. The first-order valence-electron chi connectivity index (χ1n) is 4.87. The number of fused-ring (bicyclic) bond motifs is 1. The fourth-order valence-electron chi connectivity index (χ4n) is 1.72. The molecule has 0 aliphatic heterocycles. The number of nitrogens with one attached hydrogen (secondary N) is 2. The van der Waals surface area contributed by atoms with Crippen LogP contribution >= 0.6 is 0 Å². The van der Waals surface area contributed by atoms with Gasteiger partial charge >= 0.3 is 0 Å². The van der Waals surface area contributed by atoms with Crippen LogP contribution in [0.4, 0.5) is 5.95 Å². The van der Waals surface area contributed by atoms with Gasteiger partial charge in [-0.1, -0.05) is 0 Å². The maximum absolute atomic E-state index is 11.5. The summed E-state index contributed by atoms with van der Waals surface area (Å²) in [4.78, 5) is 18.6. The van der Waals surface area contributed by atoms with Gasteiger partial charge in [0, 0.05) is 18.7 Å². The van der Waals surface area contributed by atoms with Crippen LogP contribution in [0.25, 0.3) is 0 Å². The second-order valence-electron chi connectivity index (χ2n) is 3.41. The molecule has 5 nitrogen and oxygen atoms in total. The Morgan fingerprint density at radius 3 is 3.14 bits per heavy atom. The summed E-state index contributed by atoms with van der Waals surface area (Å²) in [7, 11) is 0. The highest BCUT2D eigenvalue weighted by molar-refractivity contribution is 5.32. The summed E-state index contributed by atoms with van der Waals surface area (Å²) < 4.78 is 0. The number of rotatable bonds is 3. The van der Waals surface area contributed by atoms with Crippen molar-refractivity contribution < 1.29 is 0 Å². The van der Waals surface area contributed by atoms with E-state index in [2.05, 4.69) is 15.3 Å². The lowest BCUT2D eigenvalue weighted by Crippen LogP contribution is -2.20. The Kier molecular flexibility index (Phi) is 2.49. The second kappa shape index (κ2) is 3.79. The number of nitrogens with zero attached hydrogens (tertiary/aromatic N) is 1. The average molecular weight is 194 g/mol. The summed E-state index contributed by atoms with van der Waals surface area (Å²) in [5, 5.41) is 2.97. The Morgan fingerprint density at radius 2 is 2.36 bits per heavy atom. The van der Waals surface area contributed by atoms with Gasteiger partial charge in [-0.15, -0.1) is 0 Å². The minimum Gasteiger partial charge on any atom is -0.354 e. The smallest absolute Gasteiger partial charge is 0.255 e. The van der Waals surface area contributed by atoms with E-state index in [1.165, 1.54) is 0 Å². The summed E-state index contributed by atoms with van der Waals surface area (Å²) in [6.45, 7) is 1.16. The Bertz CT molecular complexity index is 385. The van der Waals surface area contributed by atoms with Gasteiger partial charge in [-0.3, -0.25) is 9.78 Å². The van der Waals surface area contributed by atoms with Crippen LogP contribution in [0.3, 0.4) is 0 Å². The number of hydrogen-bond acceptors (Lipinski definition) is 4. The van der Waals surface area contributed by atoms with Crippen LogP contribution in [0, 0.1) is 0 Å². The molecule has 0 radical (unpaired) electrons.